The average molecular weight is 573 g/mol. The molecule has 0 bridgehead atoms. The number of benzene rings is 3. The van der Waals surface area contributed by atoms with Crippen molar-refractivity contribution in [2.45, 2.75) is 13.5 Å². The third kappa shape index (κ3) is 6.11. The van der Waals surface area contributed by atoms with E-state index >= 15 is 0 Å². The molecule has 7 nitrogen and oxygen atoms in total. The zero-order valence-corrected chi connectivity index (χ0v) is 21.6. The summed E-state index contributed by atoms with van der Waals surface area (Å²) < 4.78 is 6.63. The van der Waals surface area contributed by atoms with Crippen LogP contribution in [0.5, 0.6) is 5.75 Å². The molecule has 0 radical (unpaired) electrons. The number of non-ortho nitro benzene ring substituents is 1. The Morgan fingerprint density at radius 3 is 2.63 bits per heavy atom. The van der Waals surface area contributed by atoms with Crippen molar-refractivity contribution in [3.05, 3.63) is 102 Å². The fraction of sp³-hybridized carbons (Fsp3) is 0.120. The zero-order chi connectivity index (χ0) is 24.9. The maximum atomic E-state index is 13.0. The first-order valence-corrected chi connectivity index (χ1v) is 12.5. The molecule has 3 aromatic rings. The first kappa shape index (κ1) is 25.0. The van der Waals surface area contributed by atoms with E-state index in [9.17, 15) is 14.9 Å². The zero-order valence-electron chi connectivity index (χ0n) is 18.5. The lowest BCUT2D eigenvalue weighted by molar-refractivity contribution is -0.384. The van der Waals surface area contributed by atoms with Gasteiger partial charge in [-0.3, -0.25) is 19.8 Å². The van der Waals surface area contributed by atoms with Gasteiger partial charge in [0.05, 0.1) is 20.5 Å². The van der Waals surface area contributed by atoms with Gasteiger partial charge in [0.25, 0.3) is 11.6 Å². The highest BCUT2D eigenvalue weighted by atomic mass is 79.9. The number of rotatable bonds is 7. The first-order valence-electron chi connectivity index (χ1n) is 10.6. The van der Waals surface area contributed by atoms with Crippen LogP contribution in [0.25, 0.3) is 6.08 Å². The van der Waals surface area contributed by atoms with Crippen molar-refractivity contribution >= 4 is 67.8 Å². The van der Waals surface area contributed by atoms with Crippen LogP contribution in [0, 0.1) is 10.1 Å². The third-order valence-electron chi connectivity index (χ3n) is 5.04. The van der Waals surface area contributed by atoms with Crippen LogP contribution >= 0.6 is 39.3 Å². The highest BCUT2D eigenvalue weighted by Gasteiger charge is 2.32. The number of hydrogen-bond acceptors (Lipinski definition) is 6. The number of nitro groups is 1. The second-order valence-corrected chi connectivity index (χ2v) is 9.71. The minimum atomic E-state index is -0.437. The molecule has 35 heavy (non-hydrogen) atoms. The number of likely N-dealkylation sites (N-methyl/N-ethyl adjacent to an activating group) is 1. The summed E-state index contributed by atoms with van der Waals surface area (Å²) in [5, 5.41) is 11.9. The second-order valence-electron chi connectivity index (χ2n) is 7.44. The van der Waals surface area contributed by atoms with E-state index in [0.29, 0.717) is 33.1 Å². The standard InChI is InChI=1S/C25H19BrClN3O4S/c1-2-29-24(31)23(35-25(29)28-18-8-11-21(26)22(27)14-18)13-17-4-3-5-20(12-17)34-15-16-6-9-19(10-7-16)30(32)33/h3-14H,2,15H2,1H3/b23-13+,28-25?. The number of amides is 1. The Bertz CT molecular complexity index is 1340. The molecule has 0 atom stereocenters. The molecule has 178 valence electrons. The van der Waals surface area contributed by atoms with E-state index in [1.807, 2.05) is 49.4 Å². The fourth-order valence-electron chi connectivity index (χ4n) is 3.26. The van der Waals surface area contributed by atoms with Crippen LogP contribution in [0.1, 0.15) is 18.1 Å². The highest BCUT2D eigenvalue weighted by Crippen LogP contribution is 2.35. The third-order valence-corrected chi connectivity index (χ3v) is 7.28. The summed E-state index contributed by atoms with van der Waals surface area (Å²) in [5.74, 6) is 0.510. The molecule has 1 aliphatic rings. The van der Waals surface area contributed by atoms with Gasteiger partial charge in [-0.15, -0.1) is 0 Å². The van der Waals surface area contributed by atoms with Crippen LogP contribution in [0.3, 0.4) is 0 Å². The van der Waals surface area contributed by atoms with E-state index in [4.69, 9.17) is 16.3 Å². The van der Waals surface area contributed by atoms with Crippen LogP contribution in [0.15, 0.2) is 81.1 Å². The highest BCUT2D eigenvalue weighted by molar-refractivity contribution is 9.10. The van der Waals surface area contributed by atoms with Crippen molar-refractivity contribution in [1.29, 1.82) is 0 Å². The largest absolute Gasteiger partial charge is 0.489 e. The molecule has 0 aromatic heterocycles. The maximum absolute atomic E-state index is 13.0. The number of hydrogen-bond donors (Lipinski definition) is 0. The number of ether oxygens (including phenoxy) is 1. The van der Waals surface area contributed by atoms with Gasteiger partial charge in [-0.25, -0.2) is 4.99 Å². The number of nitro benzene ring substituents is 1. The van der Waals surface area contributed by atoms with Crippen molar-refractivity contribution in [1.82, 2.24) is 4.90 Å². The molecule has 4 rings (SSSR count). The Balaban J connectivity index is 1.50. The Hall–Kier alpha value is -3.14. The van der Waals surface area contributed by atoms with Crippen molar-refractivity contribution in [2.75, 3.05) is 6.54 Å². The molecule has 0 unspecified atom stereocenters. The molecule has 0 spiro atoms. The van der Waals surface area contributed by atoms with Crippen LogP contribution in [-0.4, -0.2) is 27.4 Å². The Labute approximate surface area is 219 Å². The van der Waals surface area contributed by atoms with Gasteiger partial charge < -0.3 is 4.74 Å². The molecule has 1 aliphatic heterocycles. The van der Waals surface area contributed by atoms with Gasteiger partial charge >= 0.3 is 0 Å². The molecule has 1 saturated heterocycles. The summed E-state index contributed by atoms with van der Waals surface area (Å²) in [6, 6.07) is 19.0. The number of amidine groups is 1. The Morgan fingerprint density at radius 1 is 1.17 bits per heavy atom. The van der Waals surface area contributed by atoms with Crippen LogP contribution in [0.2, 0.25) is 5.02 Å². The van der Waals surface area contributed by atoms with Crippen LogP contribution < -0.4 is 4.74 Å². The molecule has 10 heteroatoms. The van der Waals surface area contributed by atoms with Gasteiger partial charge in [0, 0.05) is 23.2 Å². The van der Waals surface area contributed by atoms with E-state index in [2.05, 4.69) is 20.9 Å². The summed E-state index contributed by atoms with van der Waals surface area (Å²) in [6.45, 7) is 2.66. The first-order chi connectivity index (χ1) is 16.8. The van der Waals surface area contributed by atoms with E-state index in [0.717, 1.165) is 15.6 Å². The molecule has 1 fully saturated rings. The van der Waals surface area contributed by atoms with Gasteiger partial charge in [0.2, 0.25) is 0 Å². The molecular weight excluding hydrogens is 554 g/mol. The SMILES string of the molecule is CCN1C(=O)/C(=C\c2cccc(OCc3ccc([N+](=O)[O-])cc3)c2)SC1=Nc1ccc(Br)c(Cl)c1. The Morgan fingerprint density at radius 2 is 1.94 bits per heavy atom. The molecule has 3 aromatic carbocycles. The number of carbonyl (C=O) groups is 1. The molecule has 1 heterocycles. The van der Waals surface area contributed by atoms with Gasteiger partial charge in [-0.1, -0.05) is 23.7 Å². The van der Waals surface area contributed by atoms with Crippen molar-refractivity contribution in [2.24, 2.45) is 4.99 Å². The normalized spacial score (nSPS) is 15.7. The molecule has 0 aliphatic carbocycles. The van der Waals surface area contributed by atoms with Crippen molar-refractivity contribution in [3.8, 4) is 5.75 Å². The number of aliphatic imine (C=N–C) groups is 1. The lowest BCUT2D eigenvalue weighted by Crippen LogP contribution is -2.28. The summed E-state index contributed by atoms with van der Waals surface area (Å²) in [6.07, 6.45) is 1.81. The average Bonchev–Trinajstić information content (AvgIpc) is 3.14. The monoisotopic (exact) mass is 571 g/mol. The quantitative estimate of drug-likeness (QED) is 0.170. The Kier molecular flexibility index (Phi) is 7.90. The van der Waals surface area contributed by atoms with Crippen LogP contribution in [-0.2, 0) is 11.4 Å². The number of carbonyl (C=O) groups excluding carboxylic acids is 1. The second kappa shape index (κ2) is 11.1. The lowest BCUT2D eigenvalue weighted by Gasteiger charge is -2.12. The number of halogens is 2. The number of thioether (sulfide) groups is 1. The van der Waals surface area contributed by atoms with E-state index in [-0.39, 0.29) is 18.2 Å². The predicted octanol–water partition coefficient (Wildman–Crippen LogP) is 7.21. The van der Waals surface area contributed by atoms with Crippen LogP contribution in [0.4, 0.5) is 11.4 Å². The summed E-state index contributed by atoms with van der Waals surface area (Å²) in [4.78, 5) is 30.1. The summed E-state index contributed by atoms with van der Waals surface area (Å²) >= 11 is 10.9. The molecule has 1 amide bonds. The van der Waals surface area contributed by atoms with E-state index < -0.39 is 4.92 Å². The number of nitrogens with zero attached hydrogens (tertiary/aromatic N) is 3. The summed E-state index contributed by atoms with van der Waals surface area (Å²) in [7, 11) is 0. The van der Waals surface area contributed by atoms with E-state index in [1.54, 1.807) is 23.1 Å². The minimum absolute atomic E-state index is 0.0355. The topological polar surface area (TPSA) is 85.0 Å². The maximum Gasteiger partial charge on any atom is 0.269 e. The lowest BCUT2D eigenvalue weighted by atomic mass is 10.2. The smallest absolute Gasteiger partial charge is 0.269 e. The minimum Gasteiger partial charge on any atom is -0.489 e. The van der Waals surface area contributed by atoms with Gasteiger partial charge in [0.1, 0.15) is 12.4 Å². The van der Waals surface area contributed by atoms with Crippen molar-refractivity contribution < 1.29 is 14.5 Å². The summed E-state index contributed by atoms with van der Waals surface area (Å²) in [5.41, 5.74) is 2.32. The van der Waals surface area contributed by atoms with Gasteiger partial charge in [-0.05, 0) is 94.3 Å². The fourth-order valence-corrected chi connectivity index (χ4v) is 4.75. The van der Waals surface area contributed by atoms with E-state index in [1.165, 1.54) is 23.9 Å². The molecular formula is C25H19BrClN3O4S. The molecule has 0 saturated carbocycles. The molecule has 0 N–H and O–H groups in total. The van der Waals surface area contributed by atoms with Crippen molar-refractivity contribution in [3.63, 3.8) is 0 Å². The van der Waals surface area contributed by atoms with Gasteiger partial charge in [0.15, 0.2) is 5.17 Å². The van der Waals surface area contributed by atoms with Gasteiger partial charge in [-0.2, -0.15) is 0 Å². The predicted molar refractivity (Wildman–Crippen MR) is 143 cm³/mol.